The van der Waals surface area contributed by atoms with E-state index >= 15 is 0 Å². The number of amides is 2. The summed E-state index contributed by atoms with van der Waals surface area (Å²) in [6.07, 6.45) is 0.0665. The lowest BCUT2D eigenvalue weighted by atomic mass is 10.2. The minimum Gasteiger partial charge on any atom is -0.462 e. The van der Waals surface area contributed by atoms with E-state index in [1.165, 1.54) is 11.8 Å². The van der Waals surface area contributed by atoms with Crippen molar-refractivity contribution in [1.82, 2.24) is 4.90 Å². The molecule has 1 fully saturated rings. The summed E-state index contributed by atoms with van der Waals surface area (Å²) >= 11 is 1.25. The molecule has 0 saturated carbocycles. The molecule has 2 amide bonds. The number of esters is 1. The van der Waals surface area contributed by atoms with E-state index < -0.39 is 11.2 Å². The number of nitrogens with one attached hydrogen (secondary N) is 1. The maximum atomic E-state index is 13.2. The van der Waals surface area contributed by atoms with Crippen molar-refractivity contribution in [3.05, 3.63) is 96.1 Å². The Bertz CT molecular complexity index is 1210. The molecule has 1 atom stereocenters. The number of carbonyl (C=O) groups excluding carboxylic acids is 3. The first-order valence-electron chi connectivity index (χ1n) is 11.3. The number of amidine groups is 1. The lowest BCUT2D eigenvalue weighted by Gasteiger charge is -2.32. The lowest BCUT2D eigenvalue weighted by Crippen LogP contribution is -2.44. The minimum atomic E-state index is -0.618. The molecule has 178 valence electrons. The fourth-order valence-electron chi connectivity index (χ4n) is 3.50. The van der Waals surface area contributed by atoms with Gasteiger partial charge in [0.25, 0.3) is 0 Å². The number of ether oxygens (including phenoxy) is 1. The maximum Gasteiger partial charge on any atom is 0.338 e. The van der Waals surface area contributed by atoms with E-state index in [4.69, 9.17) is 4.74 Å². The standard InChI is InChI=1S/C27H25N3O4S/c1-2-34-26(33)20-13-15-22(16-14-20)29-27-30(18-19-9-5-3-6-10-19)24(31)17-23(35-27)25(32)28-21-11-7-4-8-12-21/h3-16,23H,2,17-18H2,1H3,(H,28,32). The monoisotopic (exact) mass is 487 g/mol. The smallest absolute Gasteiger partial charge is 0.338 e. The van der Waals surface area contributed by atoms with Crippen molar-refractivity contribution in [2.75, 3.05) is 11.9 Å². The SMILES string of the molecule is CCOC(=O)c1ccc(N=C2SC(C(=O)Nc3ccccc3)CC(=O)N2Cc2ccccc2)cc1. The fraction of sp³-hybridized carbons (Fsp3) is 0.185. The van der Waals surface area contributed by atoms with Gasteiger partial charge in [0.15, 0.2) is 5.17 Å². The van der Waals surface area contributed by atoms with E-state index in [-0.39, 0.29) is 18.2 Å². The normalized spacial score (nSPS) is 16.7. The summed E-state index contributed by atoms with van der Waals surface area (Å²) in [7, 11) is 0. The summed E-state index contributed by atoms with van der Waals surface area (Å²) in [5.41, 5.74) is 2.62. The summed E-state index contributed by atoms with van der Waals surface area (Å²) in [5, 5.41) is 2.69. The zero-order chi connectivity index (χ0) is 24.6. The van der Waals surface area contributed by atoms with Gasteiger partial charge in [-0.25, -0.2) is 9.79 Å². The Morgan fingerprint density at radius 3 is 2.31 bits per heavy atom. The third-order valence-corrected chi connectivity index (χ3v) is 6.45. The lowest BCUT2D eigenvalue weighted by molar-refractivity contribution is -0.129. The Kier molecular flexibility index (Phi) is 7.95. The molecule has 0 aliphatic carbocycles. The second-order valence-electron chi connectivity index (χ2n) is 7.79. The summed E-state index contributed by atoms with van der Waals surface area (Å²) in [6.45, 7) is 2.39. The van der Waals surface area contributed by atoms with Gasteiger partial charge in [0.2, 0.25) is 11.8 Å². The van der Waals surface area contributed by atoms with Crippen molar-refractivity contribution in [3.63, 3.8) is 0 Å². The van der Waals surface area contributed by atoms with Crippen LogP contribution >= 0.6 is 11.8 Å². The third kappa shape index (κ3) is 6.36. The molecular weight excluding hydrogens is 462 g/mol. The third-order valence-electron chi connectivity index (χ3n) is 5.26. The minimum absolute atomic E-state index is 0.0665. The van der Waals surface area contributed by atoms with Crippen LogP contribution in [0.2, 0.25) is 0 Å². The van der Waals surface area contributed by atoms with Crippen LogP contribution in [0.25, 0.3) is 0 Å². The molecular formula is C27H25N3O4S. The molecule has 1 aliphatic heterocycles. The van der Waals surface area contributed by atoms with E-state index in [0.717, 1.165) is 5.56 Å². The van der Waals surface area contributed by atoms with E-state index in [1.807, 2.05) is 48.5 Å². The van der Waals surface area contributed by atoms with Crippen molar-refractivity contribution in [2.45, 2.75) is 25.1 Å². The molecule has 0 radical (unpaired) electrons. The molecule has 1 aliphatic rings. The first-order chi connectivity index (χ1) is 17.0. The van der Waals surface area contributed by atoms with Gasteiger partial charge in [-0.2, -0.15) is 0 Å². The van der Waals surface area contributed by atoms with Gasteiger partial charge in [0.05, 0.1) is 24.4 Å². The number of anilines is 1. The Labute approximate surface area is 208 Å². The number of para-hydroxylation sites is 1. The number of carbonyl (C=O) groups is 3. The second-order valence-corrected chi connectivity index (χ2v) is 8.96. The van der Waals surface area contributed by atoms with Gasteiger partial charge in [0.1, 0.15) is 5.25 Å². The Hall–Kier alpha value is -3.91. The molecule has 1 unspecified atom stereocenters. The molecule has 0 bridgehead atoms. The van der Waals surface area contributed by atoms with Crippen molar-refractivity contribution in [3.8, 4) is 0 Å². The maximum absolute atomic E-state index is 13.2. The van der Waals surface area contributed by atoms with Crippen molar-refractivity contribution in [1.29, 1.82) is 0 Å². The van der Waals surface area contributed by atoms with Gasteiger partial charge >= 0.3 is 5.97 Å². The van der Waals surface area contributed by atoms with Gasteiger partial charge in [-0.05, 0) is 48.9 Å². The molecule has 1 N–H and O–H groups in total. The first kappa shape index (κ1) is 24.2. The number of benzene rings is 3. The molecule has 1 saturated heterocycles. The van der Waals surface area contributed by atoms with Gasteiger partial charge < -0.3 is 10.1 Å². The average Bonchev–Trinajstić information content (AvgIpc) is 2.87. The largest absolute Gasteiger partial charge is 0.462 e. The van der Waals surface area contributed by atoms with Crippen LogP contribution in [0.3, 0.4) is 0 Å². The van der Waals surface area contributed by atoms with Gasteiger partial charge in [0, 0.05) is 12.1 Å². The number of nitrogens with zero attached hydrogens (tertiary/aromatic N) is 2. The van der Waals surface area contributed by atoms with Crippen molar-refractivity contribution < 1.29 is 19.1 Å². The highest BCUT2D eigenvalue weighted by Crippen LogP contribution is 2.31. The summed E-state index contributed by atoms with van der Waals surface area (Å²) < 4.78 is 5.03. The molecule has 1 heterocycles. The predicted molar refractivity (Wildman–Crippen MR) is 138 cm³/mol. The molecule has 35 heavy (non-hydrogen) atoms. The van der Waals surface area contributed by atoms with Crippen LogP contribution in [0.15, 0.2) is 89.9 Å². The topological polar surface area (TPSA) is 88.1 Å². The Morgan fingerprint density at radius 2 is 1.66 bits per heavy atom. The van der Waals surface area contributed by atoms with Crippen LogP contribution in [0.4, 0.5) is 11.4 Å². The van der Waals surface area contributed by atoms with Crippen LogP contribution in [-0.2, 0) is 20.9 Å². The van der Waals surface area contributed by atoms with Gasteiger partial charge in [-0.1, -0.05) is 60.3 Å². The Morgan fingerprint density at radius 1 is 1.00 bits per heavy atom. The molecule has 7 nitrogen and oxygen atoms in total. The second kappa shape index (κ2) is 11.5. The highest BCUT2D eigenvalue weighted by Gasteiger charge is 2.36. The van der Waals surface area contributed by atoms with Crippen LogP contribution in [0.5, 0.6) is 0 Å². The number of rotatable bonds is 7. The van der Waals surface area contributed by atoms with E-state index in [9.17, 15) is 14.4 Å². The van der Waals surface area contributed by atoms with Crippen LogP contribution in [0.1, 0.15) is 29.3 Å². The first-order valence-corrected chi connectivity index (χ1v) is 12.1. The van der Waals surface area contributed by atoms with Crippen LogP contribution < -0.4 is 5.32 Å². The summed E-state index contributed by atoms with van der Waals surface area (Å²) in [5.74, 6) is -0.834. The molecule has 3 aromatic carbocycles. The van der Waals surface area contributed by atoms with E-state index in [1.54, 1.807) is 48.2 Å². The molecule has 3 aromatic rings. The predicted octanol–water partition coefficient (Wildman–Crippen LogP) is 5.02. The highest BCUT2D eigenvalue weighted by atomic mass is 32.2. The summed E-state index contributed by atoms with van der Waals surface area (Å²) in [6, 6.07) is 25.4. The number of aliphatic imine (C=N–C) groups is 1. The van der Waals surface area contributed by atoms with E-state index in [0.29, 0.717) is 35.3 Å². The van der Waals surface area contributed by atoms with Crippen molar-refractivity contribution in [2.24, 2.45) is 4.99 Å². The number of hydrogen-bond donors (Lipinski definition) is 1. The Balaban J connectivity index is 1.59. The van der Waals surface area contributed by atoms with Crippen LogP contribution in [-0.4, -0.2) is 39.7 Å². The van der Waals surface area contributed by atoms with Crippen molar-refractivity contribution >= 4 is 46.1 Å². The van der Waals surface area contributed by atoms with Crippen LogP contribution in [0, 0.1) is 0 Å². The number of thioether (sulfide) groups is 1. The molecule has 0 spiro atoms. The molecule has 4 rings (SSSR count). The molecule has 8 heteroatoms. The van der Waals surface area contributed by atoms with Gasteiger partial charge in [-0.15, -0.1) is 0 Å². The quantitative estimate of drug-likeness (QED) is 0.473. The summed E-state index contributed by atoms with van der Waals surface area (Å²) in [4.78, 5) is 44.4. The number of hydrogen-bond acceptors (Lipinski definition) is 6. The fourth-order valence-corrected chi connectivity index (χ4v) is 4.60. The zero-order valence-corrected chi connectivity index (χ0v) is 20.0. The average molecular weight is 488 g/mol. The molecule has 0 aromatic heterocycles. The zero-order valence-electron chi connectivity index (χ0n) is 19.2. The van der Waals surface area contributed by atoms with E-state index in [2.05, 4.69) is 10.3 Å². The van der Waals surface area contributed by atoms with Gasteiger partial charge in [-0.3, -0.25) is 14.5 Å². The highest BCUT2D eigenvalue weighted by molar-refractivity contribution is 8.15.